The lowest BCUT2D eigenvalue weighted by Gasteiger charge is -2.26. The van der Waals surface area contributed by atoms with E-state index in [9.17, 15) is 4.79 Å². The van der Waals surface area contributed by atoms with Gasteiger partial charge in [0.2, 0.25) is 0 Å². The summed E-state index contributed by atoms with van der Waals surface area (Å²) in [7, 11) is 0. The van der Waals surface area contributed by atoms with Crippen molar-refractivity contribution in [3.05, 3.63) is 29.6 Å². The normalized spacial score (nSPS) is 25.1. The number of aromatic nitrogens is 1. The van der Waals surface area contributed by atoms with Gasteiger partial charge in [-0.05, 0) is 52.7 Å². The molecule has 1 aliphatic rings. The summed E-state index contributed by atoms with van der Waals surface area (Å²) in [6.45, 7) is 9.97. The highest BCUT2D eigenvalue weighted by molar-refractivity contribution is 5.98. The maximum Gasteiger partial charge on any atom is 0.187 e. The quantitative estimate of drug-likeness (QED) is 0.753. The number of carbonyl (C=O) groups is 1. The van der Waals surface area contributed by atoms with E-state index in [2.05, 4.69) is 4.98 Å². The van der Waals surface area contributed by atoms with Crippen molar-refractivity contribution in [2.45, 2.75) is 52.2 Å². The Balaban J connectivity index is 2.33. The molecule has 1 saturated heterocycles. The zero-order chi connectivity index (χ0) is 13.6. The zero-order valence-electron chi connectivity index (χ0n) is 11.8. The first-order valence-corrected chi connectivity index (χ1v) is 6.39. The van der Waals surface area contributed by atoms with Crippen LogP contribution in [-0.4, -0.2) is 22.0 Å². The van der Waals surface area contributed by atoms with Crippen molar-refractivity contribution < 1.29 is 9.53 Å². The second-order valence-electron chi connectivity index (χ2n) is 6.26. The number of pyridine rings is 1. The molecule has 3 heteroatoms. The highest BCUT2D eigenvalue weighted by Crippen LogP contribution is 2.43. The number of nitrogens with zero attached hydrogens (tertiary/aromatic N) is 1. The van der Waals surface area contributed by atoms with Crippen LogP contribution in [0.2, 0.25) is 0 Å². The van der Waals surface area contributed by atoms with E-state index in [4.69, 9.17) is 4.74 Å². The third kappa shape index (κ3) is 2.32. The lowest BCUT2D eigenvalue weighted by Crippen LogP contribution is -2.34. The van der Waals surface area contributed by atoms with Crippen LogP contribution in [0.4, 0.5) is 0 Å². The standard InChI is InChI=1S/C15H21NO2/c1-10-7-6-8-16-12(10)13(17)11-9-14(2,3)18-15(11,4)5/h6-8,11H,9H2,1-5H3. The molecule has 1 fully saturated rings. The maximum absolute atomic E-state index is 12.6. The molecule has 0 aromatic carbocycles. The summed E-state index contributed by atoms with van der Waals surface area (Å²) in [5.74, 6) is -0.0234. The molecule has 1 aliphatic heterocycles. The number of rotatable bonds is 2. The second kappa shape index (κ2) is 4.16. The van der Waals surface area contributed by atoms with Crippen LogP contribution in [0.5, 0.6) is 0 Å². The van der Waals surface area contributed by atoms with Crippen molar-refractivity contribution >= 4 is 5.78 Å². The minimum absolute atomic E-state index is 0.101. The largest absolute Gasteiger partial charge is 0.369 e. The Morgan fingerprint density at radius 1 is 1.39 bits per heavy atom. The van der Waals surface area contributed by atoms with E-state index < -0.39 is 5.60 Å². The summed E-state index contributed by atoms with van der Waals surface area (Å²) < 4.78 is 5.98. The van der Waals surface area contributed by atoms with Crippen LogP contribution in [0.15, 0.2) is 18.3 Å². The Morgan fingerprint density at radius 2 is 2.06 bits per heavy atom. The molecule has 1 atom stereocenters. The van der Waals surface area contributed by atoms with E-state index in [-0.39, 0.29) is 17.3 Å². The number of ketones is 1. The monoisotopic (exact) mass is 247 g/mol. The summed E-state index contributed by atoms with van der Waals surface area (Å²) in [5.41, 5.74) is 0.844. The van der Waals surface area contributed by atoms with Gasteiger partial charge >= 0.3 is 0 Å². The predicted molar refractivity (Wildman–Crippen MR) is 70.7 cm³/mol. The number of hydrogen-bond donors (Lipinski definition) is 0. The molecule has 0 bridgehead atoms. The van der Waals surface area contributed by atoms with E-state index in [0.29, 0.717) is 5.69 Å². The van der Waals surface area contributed by atoms with Crippen molar-refractivity contribution in [2.75, 3.05) is 0 Å². The van der Waals surface area contributed by atoms with Crippen molar-refractivity contribution in [1.29, 1.82) is 0 Å². The van der Waals surface area contributed by atoms with Crippen molar-refractivity contribution in [3.8, 4) is 0 Å². The van der Waals surface area contributed by atoms with Gasteiger partial charge in [0.1, 0.15) is 5.69 Å². The first-order valence-electron chi connectivity index (χ1n) is 6.39. The van der Waals surface area contributed by atoms with Crippen molar-refractivity contribution in [1.82, 2.24) is 4.98 Å². The van der Waals surface area contributed by atoms with Crippen LogP contribution in [0.1, 0.15) is 50.2 Å². The third-order valence-corrected chi connectivity index (χ3v) is 3.63. The molecule has 1 aromatic rings. The molecule has 3 nitrogen and oxygen atoms in total. The Hall–Kier alpha value is -1.22. The molecule has 0 aliphatic carbocycles. The Bertz CT molecular complexity index is 477. The van der Waals surface area contributed by atoms with E-state index >= 15 is 0 Å². The summed E-state index contributed by atoms with van der Waals surface area (Å²) in [5, 5.41) is 0. The average molecular weight is 247 g/mol. The van der Waals surface area contributed by atoms with Gasteiger partial charge in [0.05, 0.1) is 17.1 Å². The second-order valence-corrected chi connectivity index (χ2v) is 6.26. The topological polar surface area (TPSA) is 39.2 Å². The Kier molecular flexibility index (Phi) is 3.06. The van der Waals surface area contributed by atoms with Gasteiger partial charge in [0.25, 0.3) is 0 Å². The molecule has 0 spiro atoms. The van der Waals surface area contributed by atoms with Crippen LogP contribution >= 0.6 is 0 Å². The number of carbonyl (C=O) groups excluding carboxylic acids is 1. The van der Waals surface area contributed by atoms with Crippen molar-refractivity contribution in [3.63, 3.8) is 0 Å². The maximum atomic E-state index is 12.6. The van der Waals surface area contributed by atoms with Gasteiger partial charge in [-0.25, -0.2) is 0 Å². The lowest BCUT2D eigenvalue weighted by molar-refractivity contribution is -0.0712. The fourth-order valence-corrected chi connectivity index (χ4v) is 2.88. The van der Waals surface area contributed by atoms with Crippen LogP contribution < -0.4 is 0 Å². The van der Waals surface area contributed by atoms with Gasteiger partial charge in [-0.1, -0.05) is 6.07 Å². The molecule has 0 amide bonds. The average Bonchev–Trinajstić information content (AvgIpc) is 2.46. The number of aryl methyl sites for hydroxylation is 1. The van der Waals surface area contributed by atoms with Gasteiger partial charge in [-0.3, -0.25) is 9.78 Å². The summed E-state index contributed by atoms with van der Waals surface area (Å²) in [4.78, 5) is 16.9. The highest BCUT2D eigenvalue weighted by Gasteiger charge is 2.49. The predicted octanol–water partition coefficient (Wildman–Crippen LogP) is 3.17. The third-order valence-electron chi connectivity index (χ3n) is 3.63. The number of hydrogen-bond acceptors (Lipinski definition) is 3. The fourth-order valence-electron chi connectivity index (χ4n) is 2.88. The Labute approximate surface area is 109 Å². The summed E-state index contributed by atoms with van der Waals surface area (Å²) >= 11 is 0. The minimum Gasteiger partial charge on any atom is -0.369 e. The van der Waals surface area contributed by atoms with Gasteiger partial charge in [-0.2, -0.15) is 0 Å². The highest BCUT2D eigenvalue weighted by atomic mass is 16.5. The van der Waals surface area contributed by atoms with Crippen molar-refractivity contribution in [2.24, 2.45) is 5.92 Å². The van der Waals surface area contributed by atoms with E-state index in [1.165, 1.54) is 0 Å². The SMILES string of the molecule is Cc1cccnc1C(=O)C1CC(C)(C)OC1(C)C. The fraction of sp³-hybridized carbons (Fsp3) is 0.600. The van der Waals surface area contributed by atoms with E-state index in [1.807, 2.05) is 46.8 Å². The molecule has 1 unspecified atom stereocenters. The smallest absolute Gasteiger partial charge is 0.187 e. The zero-order valence-corrected chi connectivity index (χ0v) is 11.8. The van der Waals surface area contributed by atoms with Gasteiger partial charge in [0, 0.05) is 6.20 Å². The first-order chi connectivity index (χ1) is 8.23. The molecule has 0 N–H and O–H groups in total. The van der Waals surface area contributed by atoms with Crippen LogP contribution in [0, 0.1) is 12.8 Å². The molecular formula is C15H21NO2. The molecule has 98 valence electrons. The van der Waals surface area contributed by atoms with Crippen LogP contribution in [0.3, 0.4) is 0 Å². The minimum atomic E-state index is -0.426. The first kappa shape index (κ1) is 13.2. The molecule has 2 rings (SSSR count). The molecule has 2 heterocycles. The number of ether oxygens (including phenoxy) is 1. The molecule has 18 heavy (non-hydrogen) atoms. The van der Waals surface area contributed by atoms with E-state index in [1.54, 1.807) is 6.20 Å². The van der Waals surface area contributed by atoms with Crippen LogP contribution in [0.25, 0.3) is 0 Å². The molecule has 0 radical (unpaired) electrons. The lowest BCUT2D eigenvalue weighted by atomic mass is 9.82. The molecular weight excluding hydrogens is 226 g/mol. The molecule has 1 aromatic heterocycles. The van der Waals surface area contributed by atoms with Gasteiger partial charge < -0.3 is 4.74 Å². The Morgan fingerprint density at radius 3 is 2.56 bits per heavy atom. The summed E-state index contributed by atoms with van der Waals surface area (Å²) in [6.07, 6.45) is 2.42. The van der Waals surface area contributed by atoms with Gasteiger partial charge in [0.15, 0.2) is 5.78 Å². The summed E-state index contributed by atoms with van der Waals surface area (Å²) in [6, 6.07) is 3.78. The number of Topliss-reactive ketones (excluding diaryl/α,β-unsaturated/α-hetero) is 1. The van der Waals surface area contributed by atoms with Gasteiger partial charge in [-0.15, -0.1) is 0 Å². The van der Waals surface area contributed by atoms with Crippen LogP contribution in [-0.2, 0) is 4.74 Å². The van der Waals surface area contributed by atoms with E-state index in [0.717, 1.165) is 12.0 Å². The molecule has 0 saturated carbocycles.